The monoisotopic (exact) mass is 289 g/mol. The Kier molecular flexibility index (Phi) is 4.73. The van der Waals surface area contributed by atoms with Crippen LogP contribution in [0.3, 0.4) is 0 Å². The van der Waals surface area contributed by atoms with Crippen molar-refractivity contribution in [1.29, 1.82) is 0 Å². The van der Waals surface area contributed by atoms with Crippen molar-refractivity contribution in [1.82, 2.24) is 4.72 Å². The Balaban J connectivity index is 3.17. The minimum atomic E-state index is -3.96. The molecule has 19 heavy (non-hydrogen) atoms. The number of aliphatic carboxylic acids is 1. The summed E-state index contributed by atoms with van der Waals surface area (Å²) in [6.45, 7) is 1.23. The van der Waals surface area contributed by atoms with E-state index < -0.39 is 22.0 Å². The topological polar surface area (TPSA) is 102 Å². The first-order valence-corrected chi connectivity index (χ1v) is 6.76. The lowest BCUT2D eigenvalue weighted by Gasteiger charge is -2.12. The summed E-state index contributed by atoms with van der Waals surface area (Å²) in [5.74, 6) is -0.677. The zero-order valence-corrected chi connectivity index (χ0v) is 11.5. The van der Waals surface area contributed by atoms with E-state index in [0.29, 0.717) is 11.5 Å². The van der Waals surface area contributed by atoms with Crippen LogP contribution in [-0.4, -0.2) is 39.8 Å². The van der Waals surface area contributed by atoms with Crippen LogP contribution >= 0.6 is 0 Å². The van der Waals surface area contributed by atoms with Gasteiger partial charge in [0, 0.05) is 18.2 Å². The van der Waals surface area contributed by atoms with Crippen LogP contribution in [0.25, 0.3) is 0 Å². The first-order chi connectivity index (χ1) is 8.80. The van der Waals surface area contributed by atoms with Gasteiger partial charge < -0.3 is 14.6 Å². The molecule has 7 nitrogen and oxygen atoms in total. The van der Waals surface area contributed by atoms with E-state index in [0.717, 1.165) is 0 Å². The van der Waals surface area contributed by atoms with E-state index >= 15 is 0 Å². The Morgan fingerprint density at radius 1 is 1.21 bits per heavy atom. The van der Waals surface area contributed by atoms with E-state index in [2.05, 4.69) is 0 Å². The second kappa shape index (κ2) is 5.89. The summed E-state index contributed by atoms with van der Waals surface area (Å²) in [5.41, 5.74) is 0. The highest BCUT2D eigenvalue weighted by Gasteiger charge is 2.22. The molecular weight excluding hydrogens is 274 g/mol. The number of sulfonamides is 1. The Morgan fingerprint density at radius 2 is 1.68 bits per heavy atom. The molecule has 0 fully saturated rings. The number of ether oxygens (including phenoxy) is 2. The number of methoxy groups -OCH3 is 2. The van der Waals surface area contributed by atoms with Crippen LogP contribution in [-0.2, 0) is 14.8 Å². The third-order valence-electron chi connectivity index (χ3n) is 2.34. The van der Waals surface area contributed by atoms with Crippen LogP contribution in [0.5, 0.6) is 11.5 Å². The summed E-state index contributed by atoms with van der Waals surface area (Å²) in [6.07, 6.45) is 0. The van der Waals surface area contributed by atoms with Crippen LogP contribution in [0, 0.1) is 0 Å². The summed E-state index contributed by atoms with van der Waals surface area (Å²) in [7, 11) is -1.19. The number of carboxylic acid groups (broad SMARTS) is 1. The van der Waals surface area contributed by atoms with E-state index in [9.17, 15) is 13.2 Å². The quantitative estimate of drug-likeness (QED) is 0.788. The molecular formula is C11H15NO6S. The zero-order valence-electron chi connectivity index (χ0n) is 10.7. The van der Waals surface area contributed by atoms with Crippen molar-refractivity contribution in [3.63, 3.8) is 0 Å². The van der Waals surface area contributed by atoms with Gasteiger partial charge in [-0.1, -0.05) is 0 Å². The van der Waals surface area contributed by atoms with Crippen molar-refractivity contribution in [3.8, 4) is 11.5 Å². The van der Waals surface area contributed by atoms with Gasteiger partial charge in [-0.25, -0.2) is 8.42 Å². The predicted molar refractivity (Wildman–Crippen MR) is 67.0 cm³/mol. The number of nitrogens with one attached hydrogen (secondary N) is 1. The average Bonchev–Trinajstić information content (AvgIpc) is 2.37. The molecule has 0 aliphatic heterocycles. The Morgan fingerprint density at radius 3 is 2.05 bits per heavy atom. The van der Waals surface area contributed by atoms with Gasteiger partial charge in [-0.15, -0.1) is 0 Å². The summed E-state index contributed by atoms with van der Waals surface area (Å²) < 4.78 is 35.9. The fourth-order valence-electron chi connectivity index (χ4n) is 1.29. The Hall–Kier alpha value is -1.80. The standard InChI is InChI=1S/C11H15NO6S/c1-7(11(13)14)12-19(15,16)10-5-8(17-2)4-9(6-10)18-3/h4-7,12H,1-3H3,(H,13,14)/t7-/m0/s1. The van der Waals surface area contributed by atoms with Gasteiger partial charge >= 0.3 is 5.97 Å². The molecule has 1 aromatic rings. The molecule has 1 aromatic carbocycles. The van der Waals surface area contributed by atoms with E-state index in [-0.39, 0.29) is 4.90 Å². The van der Waals surface area contributed by atoms with E-state index in [1.165, 1.54) is 39.3 Å². The molecule has 106 valence electrons. The van der Waals surface area contributed by atoms with E-state index in [4.69, 9.17) is 14.6 Å². The van der Waals surface area contributed by atoms with Crippen molar-refractivity contribution in [2.45, 2.75) is 17.9 Å². The second-order valence-electron chi connectivity index (χ2n) is 3.73. The molecule has 2 N–H and O–H groups in total. The lowest BCUT2D eigenvalue weighted by Crippen LogP contribution is -2.38. The fraction of sp³-hybridized carbons (Fsp3) is 0.364. The highest BCUT2D eigenvalue weighted by Crippen LogP contribution is 2.25. The van der Waals surface area contributed by atoms with Crippen molar-refractivity contribution in [2.24, 2.45) is 0 Å². The molecule has 0 bridgehead atoms. The van der Waals surface area contributed by atoms with Crippen LogP contribution in [0.15, 0.2) is 23.1 Å². The Labute approximate surface area is 111 Å². The van der Waals surface area contributed by atoms with Crippen LogP contribution < -0.4 is 14.2 Å². The molecule has 0 amide bonds. The van der Waals surface area contributed by atoms with Gasteiger partial charge in [0.15, 0.2) is 0 Å². The molecule has 0 spiro atoms. The molecule has 8 heteroatoms. The van der Waals surface area contributed by atoms with Crippen molar-refractivity contribution >= 4 is 16.0 Å². The maximum atomic E-state index is 12.0. The lowest BCUT2D eigenvalue weighted by molar-refractivity contribution is -0.138. The predicted octanol–water partition coefficient (Wildman–Crippen LogP) is 0.455. The summed E-state index contributed by atoms with van der Waals surface area (Å²) in [6, 6.07) is 2.83. The molecule has 1 atom stereocenters. The zero-order chi connectivity index (χ0) is 14.6. The molecule has 0 unspecified atom stereocenters. The normalized spacial score (nSPS) is 12.8. The number of carboxylic acids is 1. The third kappa shape index (κ3) is 3.83. The highest BCUT2D eigenvalue weighted by molar-refractivity contribution is 7.89. The molecule has 0 heterocycles. The Bertz CT molecular complexity index is 546. The summed E-state index contributed by atoms with van der Waals surface area (Å²) in [4.78, 5) is 10.6. The molecule has 0 saturated heterocycles. The second-order valence-corrected chi connectivity index (χ2v) is 5.44. The SMILES string of the molecule is COc1cc(OC)cc(S(=O)(=O)N[C@@H](C)C(=O)O)c1. The smallest absolute Gasteiger partial charge is 0.321 e. The van der Waals surface area contributed by atoms with Gasteiger partial charge in [0.1, 0.15) is 17.5 Å². The summed E-state index contributed by atoms with van der Waals surface area (Å²) in [5, 5.41) is 8.72. The maximum absolute atomic E-state index is 12.0. The molecule has 0 aromatic heterocycles. The maximum Gasteiger partial charge on any atom is 0.321 e. The van der Waals surface area contributed by atoms with Crippen molar-refractivity contribution in [3.05, 3.63) is 18.2 Å². The van der Waals surface area contributed by atoms with Gasteiger partial charge in [0.05, 0.1) is 19.1 Å². The largest absolute Gasteiger partial charge is 0.497 e. The molecule has 0 aliphatic carbocycles. The van der Waals surface area contributed by atoms with Gasteiger partial charge in [0.25, 0.3) is 0 Å². The van der Waals surface area contributed by atoms with Crippen molar-refractivity contribution < 1.29 is 27.8 Å². The molecule has 1 rings (SSSR count). The summed E-state index contributed by atoms with van der Waals surface area (Å²) >= 11 is 0. The number of benzene rings is 1. The van der Waals surface area contributed by atoms with Crippen LogP contribution in [0.2, 0.25) is 0 Å². The first-order valence-electron chi connectivity index (χ1n) is 5.28. The van der Waals surface area contributed by atoms with Crippen LogP contribution in [0.4, 0.5) is 0 Å². The van der Waals surface area contributed by atoms with Gasteiger partial charge in [-0.3, -0.25) is 4.79 Å². The number of hydrogen-bond donors (Lipinski definition) is 2. The molecule has 0 radical (unpaired) electrons. The third-order valence-corrected chi connectivity index (χ3v) is 3.86. The number of rotatable bonds is 6. The van der Waals surface area contributed by atoms with Crippen LogP contribution in [0.1, 0.15) is 6.92 Å². The van der Waals surface area contributed by atoms with Gasteiger partial charge in [0.2, 0.25) is 10.0 Å². The highest BCUT2D eigenvalue weighted by atomic mass is 32.2. The van der Waals surface area contributed by atoms with E-state index in [1.54, 1.807) is 0 Å². The number of carbonyl (C=O) groups is 1. The van der Waals surface area contributed by atoms with Gasteiger partial charge in [-0.05, 0) is 6.92 Å². The minimum absolute atomic E-state index is 0.128. The van der Waals surface area contributed by atoms with E-state index in [1.807, 2.05) is 4.72 Å². The van der Waals surface area contributed by atoms with Gasteiger partial charge in [-0.2, -0.15) is 4.72 Å². The first kappa shape index (κ1) is 15.3. The minimum Gasteiger partial charge on any atom is -0.497 e. The molecule has 0 aliphatic rings. The fourth-order valence-corrected chi connectivity index (χ4v) is 2.53. The lowest BCUT2D eigenvalue weighted by atomic mass is 10.3. The number of hydrogen-bond acceptors (Lipinski definition) is 5. The van der Waals surface area contributed by atoms with Crippen molar-refractivity contribution in [2.75, 3.05) is 14.2 Å². The average molecular weight is 289 g/mol. The molecule has 0 saturated carbocycles.